The number of carbonyl (C=O) groups excluding carboxylic acids is 1. The summed E-state index contributed by atoms with van der Waals surface area (Å²) in [4.78, 5) is 17.0. The van der Waals surface area contributed by atoms with Crippen molar-refractivity contribution < 1.29 is 9.53 Å². The Morgan fingerprint density at radius 3 is 2.57 bits per heavy atom. The van der Waals surface area contributed by atoms with Crippen molar-refractivity contribution in [1.82, 2.24) is 15.1 Å². The van der Waals surface area contributed by atoms with Gasteiger partial charge in [-0.3, -0.25) is 14.6 Å². The van der Waals surface area contributed by atoms with E-state index in [1.807, 2.05) is 0 Å². The fourth-order valence-corrected chi connectivity index (χ4v) is 3.56. The van der Waals surface area contributed by atoms with Crippen LogP contribution in [0.5, 0.6) is 0 Å². The van der Waals surface area contributed by atoms with Gasteiger partial charge in [-0.25, -0.2) is 0 Å². The summed E-state index contributed by atoms with van der Waals surface area (Å²) in [6.07, 6.45) is 5.30. The Bertz CT molecular complexity index is 329. The molecule has 5 heteroatoms. The first-order valence-electron chi connectivity index (χ1n) is 8.40. The lowest BCUT2D eigenvalue weighted by Crippen LogP contribution is -2.49. The van der Waals surface area contributed by atoms with Gasteiger partial charge in [0.2, 0.25) is 0 Å². The Hall–Kier alpha value is -0.650. The molecule has 2 heterocycles. The van der Waals surface area contributed by atoms with Crippen molar-refractivity contribution in [3.8, 4) is 0 Å². The zero-order chi connectivity index (χ0) is 15.2. The van der Waals surface area contributed by atoms with Crippen molar-refractivity contribution in [3.05, 3.63) is 0 Å². The first-order valence-corrected chi connectivity index (χ1v) is 8.40. The van der Waals surface area contributed by atoms with Gasteiger partial charge in [-0.2, -0.15) is 0 Å². The smallest absolute Gasteiger partial charge is 0.324 e. The number of ether oxygens (including phenoxy) is 1. The average molecular weight is 297 g/mol. The highest BCUT2D eigenvalue weighted by atomic mass is 16.5. The number of rotatable bonds is 6. The minimum Gasteiger partial charge on any atom is -0.468 e. The molecule has 5 nitrogen and oxygen atoms in total. The molecule has 2 unspecified atom stereocenters. The summed E-state index contributed by atoms with van der Waals surface area (Å²) in [5.74, 6) is -0.148. The largest absolute Gasteiger partial charge is 0.468 e. The monoisotopic (exact) mass is 297 g/mol. The van der Waals surface area contributed by atoms with Gasteiger partial charge in [-0.05, 0) is 38.9 Å². The van der Waals surface area contributed by atoms with E-state index in [0.29, 0.717) is 6.04 Å². The second kappa shape index (κ2) is 8.11. The number of nitrogens with zero attached hydrogens (tertiary/aromatic N) is 2. The maximum absolute atomic E-state index is 11.9. The number of likely N-dealkylation sites (tertiary alicyclic amines) is 2. The molecule has 2 rings (SSSR count). The van der Waals surface area contributed by atoms with Crippen molar-refractivity contribution in [2.24, 2.45) is 0 Å². The number of carbonyl (C=O) groups is 1. The molecule has 0 saturated carbocycles. The molecule has 2 aliphatic rings. The van der Waals surface area contributed by atoms with E-state index in [4.69, 9.17) is 4.74 Å². The van der Waals surface area contributed by atoms with E-state index in [1.54, 1.807) is 0 Å². The molecule has 2 aliphatic heterocycles. The molecule has 0 aromatic carbocycles. The number of esters is 1. The number of methoxy groups -OCH3 is 1. The predicted molar refractivity (Wildman–Crippen MR) is 84.3 cm³/mol. The van der Waals surface area contributed by atoms with E-state index in [2.05, 4.69) is 29.0 Å². The summed E-state index contributed by atoms with van der Waals surface area (Å²) in [5, 5.41) is 3.32. The summed E-state index contributed by atoms with van der Waals surface area (Å²) in [5.41, 5.74) is 0. The molecule has 122 valence electrons. The molecule has 0 aliphatic carbocycles. The fourth-order valence-electron chi connectivity index (χ4n) is 3.56. The van der Waals surface area contributed by atoms with Crippen molar-refractivity contribution in [3.63, 3.8) is 0 Å². The highest BCUT2D eigenvalue weighted by Crippen LogP contribution is 2.20. The highest BCUT2D eigenvalue weighted by molar-refractivity contribution is 5.76. The summed E-state index contributed by atoms with van der Waals surface area (Å²) in [6.45, 7) is 9.58. The summed E-state index contributed by atoms with van der Waals surface area (Å²) >= 11 is 0. The van der Waals surface area contributed by atoms with Crippen LogP contribution in [0.25, 0.3) is 0 Å². The Morgan fingerprint density at radius 1 is 1.24 bits per heavy atom. The number of piperidine rings is 1. The van der Waals surface area contributed by atoms with Gasteiger partial charge in [0, 0.05) is 25.2 Å². The van der Waals surface area contributed by atoms with E-state index in [-0.39, 0.29) is 18.1 Å². The molecule has 1 N–H and O–H groups in total. The molecular formula is C16H31N3O2. The Kier molecular flexibility index (Phi) is 6.45. The zero-order valence-corrected chi connectivity index (χ0v) is 13.8. The molecule has 0 aromatic heterocycles. The van der Waals surface area contributed by atoms with Gasteiger partial charge in [-0.15, -0.1) is 0 Å². The lowest BCUT2D eigenvalue weighted by Gasteiger charge is -2.32. The van der Waals surface area contributed by atoms with Crippen LogP contribution in [0.2, 0.25) is 0 Å². The second-order valence-corrected chi connectivity index (χ2v) is 6.70. The van der Waals surface area contributed by atoms with Crippen LogP contribution in [0.1, 0.15) is 39.5 Å². The average Bonchev–Trinajstić information content (AvgIpc) is 2.95. The van der Waals surface area contributed by atoms with Gasteiger partial charge in [-0.1, -0.05) is 20.3 Å². The molecule has 2 fully saturated rings. The van der Waals surface area contributed by atoms with E-state index in [1.165, 1.54) is 45.9 Å². The van der Waals surface area contributed by atoms with Crippen LogP contribution in [0, 0.1) is 0 Å². The van der Waals surface area contributed by atoms with E-state index >= 15 is 0 Å². The molecule has 0 radical (unpaired) electrons. The highest BCUT2D eigenvalue weighted by Gasteiger charge is 2.31. The lowest BCUT2D eigenvalue weighted by molar-refractivity contribution is -0.143. The Labute approximate surface area is 129 Å². The molecular weight excluding hydrogens is 266 g/mol. The van der Waals surface area contributed by atoms with Crippen molar-refractivity contribution >= 4 is 5.97 Å². The van der Waals surface area contributed by atoms with Crippen molar-refractivity contribution in [1.29, 1.82) is 0 Å². The third kappa shape index (κ3) is 4.94. The predicted octanol–water partition coefficient (Wildman–Crippen LogP) is 1.09. The molecule has 0 spiro atoms. The second-order valence-electron chi connectivity index (χ2n) is 6.70. The van der Waals surface area contributed by atoms with Crippen LogP contribution in [-0.2, 0) is 9.53 Å². The first kappa shape index (κ1) is 16.7. The van der Waals surface area contributed by atoms with Crippen LogP contribution in [0.4, 0.5) is 0 Å². The zero-order valence-electron chi connectivity index (χ0n) is 13.8. The minimum atomic E-state index is -0.213. The van der Waals surface area contributed by atoms with Gasteiger partial charge >= 0.3 is 5.97 Å². The molecule has 0 aromatic rings. The van der Waals surface area contributed by atoms with E-state index in [0.717, 1.165) is 19.6 Å². The van der Waals surface area contributed by atoms with Gasteiger partial charge < -0.3 is 10.1 Å². The van der Waals surface area contributed by atoms with Crippen LogP contribution in [-0.4, -0.2) is 73.7 Å². The first-order chi connectivity index (χ1) is 10.1. The van der Waals surface area contributed by atoms with Gasteiger partial charge in [0.25, 0.3) is 0 Å². The van der Waals surface area contributed by atoms with Gasteiger partial charge in [0.15, 0.2) is 0 Å². The fraction of sp³-hybridized carbons (Fsp3) is 0.938. The Morgan fingerprint density at radius 2 is 1.95 bits per heavy atom. The van der Waals surface area contributed by atoms with Crippen LogP contribution < -0.4 is 5.32 Å². The number of hydrogen-bond acceptors (Lipinski definition) is 5. The van der Waals surface area contributed by atoms with E-state index < -0.39 is 0 Å². The van der Waals surface area contributed by atoms with Crippen LogP contribution in [0.3, 0.4) is 0 Å². The molecule has 2 saturated heterocycles. The maximum Gasteiger partial charge on any atom is 0.324 e. The molecule has 0 amide bonds. The number of nitrogens with one attached hydrogen (secondary N) is 1. The molecule has 21 heavy (non-hydrogen) atoms. The van der Waals surface area contributed by atoms with E-state index in [9.17, 15) is 4.79 Å². The number of hydrogen-bond donors (Lipinski definition) is 1. The van der Waals surface area contributed by atoms with Crippen molar-refractivity contribution in [2.75, 3.05) is 39.8 Å². The topological polar surface area (TPSA) is 44.8 Å². The summed E-state index contributed by atoms with van der Waals surface area (Å²) in [7, 11) is 1.47. The van der Waals surface area contributed by atoms with Crippen LogP contribution in [0.15, 0.2) is 0 Å². The summed E-state index contributed by atoms with van der Waals surface area (Å²) < 4.78 is 4.93. The minimum absolute atomic E-state index is 0.148. The molecule has 0 bridgehead atoms. The Balaban J connectivity index is 1.82. The quantitative estimate of drug-likeness (QED) is 0.744. The molecule has 2 atom stereocenters. The standard InChI is InChI=1S/C16H31N3O2/c1-13(2)17-15(16(20)21-3)12-18-10-7-14(11-18)19-8-5-4-6-9-19/h13-15,17H,4-12H2,1-3H3. The van der Waals surface area contributed by atoms with Crippen molar-refractivity contribution in [2.45, 2.75) is 57.7 Å². The summed E-state index contributed by atoms with van der Waals surface area (Å²) in [6, 6.07) is 0.757. The lowest BCUT2D eigenvalue weighted by atomic mass is 10.1. The van der Waals surface area contributed by atoms with Gasteiger partial charge in [0.05, 0.1) is 7.11 Å². The van der Waals surface area contributed by atoms with Crippen LogP contribution >= 0.6 is 0 Å². The SMILES string of the molecule is COC(=O)C(CN1CCC(N2CCCCC2)C1)NC(C)C. The third-order valence-corrected chi connectivity index (χ3v) is 4.62. The normalized spacial score (nSPS) is 26.2. The maximum atomic E-state index is 11.9. The van der Waals surface area contributed by atoms with Gasteiger partial charge in [0.1, 0.15) is 6.04 Å². The third-order valence-electron chi connectivity index (χ3n) is 4.62.